The smallest absolute Gasteiger partial charge is 0.256 e. The van der Waals surface area contributed by atoms with Crippen molar-refractivity contribution >= 4 is 32.7 Å². The molecule has 1 aliphatic heterocycles. The summed E-state index contributed by atoms with van der Waals surface area (Å²) in [6, 6.07) is 5.92. The van der Waals surface area contributed by atoms with E-state index in [4.69, 9.17) is 4.74 Å². The van der Waals surface area contributed by atoms with E-state index in [0.717, 1.165) is 20.9 Å². The zero-order chi connectivity index (χ0) is 14.3. The number of rotatable bonds is 1. The number of halogens is 1. The van der Waals surface area contributed by atoms with Crippen LogP contribution in [0.3, 0.4) is 0 Å². The zero-order valence-electron chi connectivity index (χ0n) is 11.5. The van der Waals surface area contributed by atoms with Gasteiger partial charge in [-0.3, -0.25) is 4.79 Å². The fourth-order valence-electron chi connectivity index (χ4n) is 2.78. The molecular formula is C15H17BrN2O2. The molecule has 4 nitrogen and oxygen atoms in total. The maximum absolute atomic E-state index is 12.7. The molecule has 1 aromatic heterocycles. The fourth-order valence-corrected chi connectivity index (χ4v) is 3.14. The van der Waals surface area contributed by atoms with E-state index in [0.29, 0.717) is 13.1 Å². The SMILES string of the molecule is C[C@@H]1CN(C(=O)c2c[nH]c3ccc(Br)cc23)C[C@H](C)O1. The van der Waals surface area contributed by atoms with E-state index in [9.17, 15) is 4.79 Å². The van der Waals surface area contributed by atoms with Crippen LogP contribution < -0.4 is 0 Å². The first-order valence-corrected chi connectivity index (χ1v) is 7.55. The van der Waals surface area contributed by atoms with E-state index in [1.54, 1.807) is 6.20 Å². The van der Waals surface area contributed by atoms with Crippen LogP contribution in [0.15, 0.2) is 28.9 Å². The Kier molecular flexibility index (Phi) is 3.56. The lowest BCUT2D eigenvalue weighted by Gasteiger charge is -2.35. The number of H-pyrrole nitrogens is 1. The Morgan fingerprint density at radius 1 is 1.35 bits per heavy atom. The highest BCUT2D eigenvalue weighted by atomic mass is 79.9. The van der Waals surface area contributed by atoms with Gasteiger partial charge in [0.25, 0.3) is 5.91 Å². The summed E-state index contributed by atoms with van der Waals surface area (Å²) in [4.78, 5) is 17.7. The van der Waals surface area contributed by atoms with Gasteiger partial charge >= 0.3 is 0 Å². The third-order valence-electron chi connectivity index (χ3n) is 3.58. The van der Waals surface area contributed by atoms with Crippen molar-refractivity contribution in [2.45, 2.75) is 26.1 Å². The Labute approximate surface area is 126 Å². The number of nitrogens with one attached hydrogen (secondary N) is 1. The molecule has 20 heavy (non-hydrogen) atoms. The number of hydrogen-bond acceptors (Lipinski definition) is 2. The third kappa shape index (κ3) is 2.47. The van der Waals surface area contributed by atoms with Crippen LogP contribution in [0.2, 0.25) is 0 Å². The molecule has 0 aliphatic carbocycles. The van der Waals surface area contributed by atoms with Crippen LogP contribution in [0.25, 0.3) is 10.9 Å². The highest BCUT2D eigenvalue weighted by molar-refractivity contribution is 9.10. The zero-order valence-corrected chi connectivity index (χ0v) is 13.1. The van der Waals surface area contributed by atoms with Crippen molar-refractivity contribution in [2.75, 3.05) is 13.1 Å². The average molecular weight is 337 g/mol. The molecule has 0 unspecified atom stereocenters. The summed E-state index contributed by atoms with van der Waals surface area (Å²) in [5.41, 5.74) is 1.70. The summed E-state index contributed by atoms with van der Waals surface area (Å²) >= 11 is 3.46. The van der Waals surface area contributed by atoms with Gasteiger partial charge in [0.05, 0.1) is 17.8 Å². The summed E-state index contributed by atoms with van der Waals surface area (Å²) < 4.78 is 6.66. The van der Waals surface area contributed by atoms with Crippen LogP contribution in [0, 0.1) is 0 Å². The Hall–Kier alpha value is -1.33. The van der Waals surface area contributed by atoms with E-state index in [2.05, 4.69) is 20.9 Å². The topological polar surface area (TPSA) is 45.3 Å². The summed E-state index contributed by atoms with van der Waals surface area (Å²) in [6.07, 6.45) is 1.96. The highest BCUT2D eigenvalue weighted by Crippen LogP contribution is 2.24. The lowest BCUT2D eigenvalue weighted by Crippen LogP contribution is -2.48. The number of aromatic amines is 1. The number of ether oxygens (including phenoxy) is 1. The van der Waals surface area contributed by atoms with Crippen molar-refractivity contribution < 1.29 is 9.53 Å². The van der Waals surface area contributed by atoms with E-state index in [1.807, 2.05) is 36.9 Å². The van der Waals surface area contributed by atoms with Crippen LogP contribution in [-0.2, 0) is 4.74 Å². The first-order chi connectivity index (χ1) is 9.54. The number of nitrogens with zero attached hydrogens (tertiary/aromatic N) is 1. The minimum Gasteiger partial charge on any atom is -0.372 e. The van der Waals surface area contributed by atoms with E-state index < -0.39 is 0 Å². The lowest BCUT2D eigenvalue weighted by atomic mass is 10.1. The monoisotopic (exact) mass is 336 g/mol. The Balaban J connectivity index is 1.94. The summed E-state index contributed by atoms with van der Waals surface area (Å²) in [6.45, 7) is 5.29. The predicted octanol–water partition coefficient (Wildman–Crippen LogP) is 3.18. The van der Waals surface area contributed by atoms with Gasteiger partial charge in [-0.25, -0.2) is 0 Å². The Morgan fingerprint density at radius 3 is 2.75 bits per heavy atom. The predicted molar refractivity (Wildman–Crippen MR) is 81.9 cm³/mol. The van der Waals surface area contributed by atoms with E-state index >= 15 is 0 Å². The molecule has 0 bridgehead atoms. The minimum absolute atomic E-state index is 0.0661. The van der Waals surface area contributed by atoms with Crippen LogP contribution in [0.4, 0.5) is 0 Å². The van der Waals surface area contributed by atoms with Gasteiger partial charge in [0.2, 0.25) is 0 Å². The molecule has 106 valence electrons. The molecule has 2 heterocycles. The number of aromatic nitrogens is 1. The van der Waals surface area contributed by atoms with Crippen LogP contribution in [-0.4, -0.2) is 41.1 Å². The molecule has 3 rings (SSSR count). The van der Waals surface area contributed by atoms with Gasteiger partial charge in [0.1, 0.15) is 0 Å². The second-order valence-electron chi connectivity index (χ2n) is 5.36. The van der Waals surface area contributed by atoms with Crippen molar-refractivity contribution in [3.63, 3.8) is 0 Å². The van der Waals surface area contributed by atoms with E-state index in [1.165, 1.54) is 0 Å². The van der Waals surface area contributed by atoms with Gasteiger partial charge in [-0.05, 0) is 32.0 Å². The second-order valence-corrected chi connectivity index (χ2v) is 6.28. The summed E-state index contributed by atoms with van der Waals surface area (Å²) in [5, 5.41) is 0.955. The van der Waals surface area contributed by atoms with Gasteiger partial charge in [0.15, 0.2) is 0 Å². The molecular weight excluding hydrogens is 320 g/mol. The second kappa shape index (κ2) is 5.22. The van der Waals surface area contributed by atoms with Gasteiger partial charge in [-0.2, -0.15) is 0 Å². The largest absolute Gasteiger partial charge is 0.372 e. The molecule has 1 amide bonds. The number of hydrogen-bond donors (Lipinski definition) is 1. The third-order valence-corrected chi connectivity index (χ3v) is 4.07. The van der Waals surface area contributed by atoms with Crippen LogP contribution >= 0.6 is 15.9 Å². The van der Waals surface area contributed by atoms with Crippen LogP contribution in [0.1, 0.15) is 24.2 Å². The van der Waals surface area contributed by atoms with Gasteiger partial charge in [-0.15, -0.1) is 0 Å². The quantitative estimate of drug-likeness (QED) is 0.869. The van der Waals surface area contributed by atoms with Gasteiger partial charge in [-0.1, -0.05) is 15.9 Å². The van der Waals surface area contributed by atoms with Gasteiger partial charge < -0.3 is 14.6 Å². The van der Waals surface area contributed by atoms with Crippen LogP contribution in [0.5, 0.6) is 0 Å². The number of carbonyl (C=O) groups excluding carboxylic acids is 1. The molecule has 1 aromatic carbocycles. The van der Waals surface area contributed by atoms with Crippen molar-refractivity contribution in [1.82, 2.24) is 9.88 Å². The van der Waals surface area contributed by atoms with Gasteiger partial charge in [0, 0.05) is 34.7 Å². The average Bonchev–Trinajstić information content (AvgIpc) is 2.79. The first-order valence-electron chi connectivity index (χ1n) is 6.76. The highest BCUT2D eigenvalue weighted by Gasteiger charge is 2.27. The summed E-state index contributed by atoms with van der Waals surface area (Å²) in [5.74, 6) is 0.0661. The maximum atomic E-state index is 12.7. The van der Waals surface area contributed by atoms with Crippen molar-refractivity contribution in [3.8, 4) is 0 Å². The minimum atomic E-state index is 0.0661. The molecule has 0 radical (unpaired) electrons. The number of benzene rings is 1. The molecule has 0 spiro atoms. The molecule has 5 heteroatoms. The molecule has 2 aromatic rings. The molecule has 1 N–H and O–H groups in total. The first kappa shape index (κ1) is 13.6. The van der Waals surface area contributed by atoms with Crippen molar-refractivity contribution in [3.05, 3.63) is 34.4 Å². The van der Waals surface area contributed by atoms with Crippen molar-refractivity contribution in [1.29, 1.82) is 0 Å². The van der Waals surface area contributed by atoms with E-state index in [-0.39, 0.29) is 18.1 Å². The maximum Gasteiger partial charge on any atom is 0.256 e. The summed E-state index contributed by atoms with van der Waals surface area (Å²) in [7, 11) is 0. The number of amides is 1. The molecule has 1 fully saturated rings. The van der Waals surface area contributed by atoms with Crippen molar-refractivity contribution in [2.24, 2.45) is 0 Å². The lowest BCUT2D eigenvalue weighted by molar-refractivity contribution is -0.0585. The Morgan fingerprint density at radius 2 is 2.05 bits per heavy atom. The number of carbonyl (C=O) groups is 1. The normalized spacial score (nSPS) is 23.2. The molecule has 1 saturated heterocycles. The fraction of sp³-hybridized carbons (Fsp3) is 0.400. The molecule has 1 aliphatic rings. The number of morpholine rings is 1. The standard InChI is InChI=1S/C15H17BrN2O2/c1-9-7-18(8-10(2)20-9)15(19)13-6-17-14-4-3-11(16)5-12(13)14/h3-6,9-10,17H,7-8H2,1-2H3/t9-,10+. The Bertz CT molecular complexity index is 642. The number of fused-ring (bicyclic) bond motifs is 1. The molecule has 0 saturated carbocycles. The molecule has 2 atom stereocenters.